The van der Waals surface area contributed by atoms with Crippen molar-refractivity contribution >= 4 is 27.5 Å². The molecule has 166 valence electrons. The van der Waals surface area contributed by atoms with E-state index in [0.717, 1.165) is 0 Å². The van der Waals surface area contributed by atoms with Gasteiger partial charge in [0.15, 0.2) is 0 Å². The Labute approximate surface area is 177 Å². The van der Waals surface area contributed by atoms with Crippen molar-refractivity contribution in [2.75, 3.05) is 18.4 Å². The van der Waals surface area contributed by atoms with E-state index in [0.29, 0.717) is 5.56 Å². The molecule has 2 rings (SSSR count). The van der Waals surface area contributed by atoms with E-state index in [1.54, 1.807) is 12.2 Å². The van der Waals surface area contributed by atoms with Crippen molar-refractivity contribution in [3.05, 3.63) is 71.8 Å². The van der Waals surface area contributed by atoms with Crippen LogP contribution in [-0.2, 0) is 10.0 Å². The largest absolute Gasteiger partial charge is 0.405 e. The summed E-state index contributed by atoms with van der Waals surface area (Å²) in [5.74, 6) is -1.52. The molecule has 0 aliphatic carbocycles. The van der Waals surface area contributed by atoms with Crippen LogP contribution in [0.2, 0.25) is 0 Å². The average molecular weight is 455 g/mol. The van der Waals surface area contributed by atoms with E-state index in [-0.39, 0.29) is 28.3 Å². The smallest absolute Gasteiger partial charge is 0.343 e. The first-order chi connectivity index (χ1) is 14.4. The summed E-state index contributed by atoms with van der Waals surface area (Å²) in [5, 5.41) is 4.33. The van der Waals surface area contributed by atoms with Gasteiger partial charge in [0.1, 0.15) is 6.54 Å². The lowest BCUT2D eigenvalue weighted by Crippen LogP contribution is -2.33. The first-order valence-corrected chi connectivity index (χ1v) is 10.4. The first kappa shape index (κ1) is 24.1. The highest BCUT2D eigenvalue weighted by atomic mass is 32.2. The fourth-order valence-corrected chi connectivity index (χ4v) is 3.41. The normalized spacial score (nSPS) is 11.6. The van der Waals surface area contributed by atoms with Crippen molar-refractivity contribution in [3.63, 3.8) is 0 Å². The zero-order valence-corrected chi connectivity index (χ0v) is 17.2. The maximum atomic E-state index is 12.5. The van der Waals surface area contributed by atoms with E-state index in [1.165, 1.54) is 48.5 Å². The number of hydrogen-bond donors (Lipinski definition) is 3. The number of aryl methyl sites for hydroxylation is 1. The number of halogens is 3. The summed E-state index contributed by atoms with van der Waals surface area (Å²) in [5.41, 5.74) is 0.899. The number of carbonyl (C=O) groups is 2. The molecule has 2 aromatic rings. The molecular weight excluding hydrogens is 435 g/mol. The van der Waals surface area contributed by atoms with Crippen LogP contribution >= 0.6 is 0 Å². The Hall–Kier alpha value is -3.18. The van der Waals surface area contributed by atoms with Crippen molar-refractivity contribution < 1.29 is 31.2 Å². The molecule has 0 radical (unpaired) electrons. The second kappa shape index (κ2) is 9.75. The number of carbonyl (C=O) groups excluding carboxylic acids is 2. The molecular formula is C20H20F3N3O4S. The maximum absolute atomic E-state index is 12.5. The highest BCUT2D eigenvalue weighted by Crippen LogP contribution is 2.19. The van der Waals surface area contributed by atoms with Crippen LogP contribution in [0.15, 0.2) is 60.0 Å². The first-order valence-electron chi connectivity index (χ1n) is 8.90. The summed E-state index contributed by atoms with van der Waals surface area (Å²) in [7, 11) is -3.74. The summed E-state index contributed by atoms with van der Waals surface area (Å²) < 4.78 is 63.3. The number of amides is 2. The zero-order chi connectivity index (χ0) is 23.2. The molecule has 2 amide bonds. The Morgan fingerprint density at radius 1 is 1.03 bits per heavy atom. The minimum absolute atomic E-state index is 0.0367. The predicted octanol–water partition coefficient (Wildman–Crippen LogP) is 3.00. The molecule has 2 aromatic carbocycles. The van der Waals surface area contributed by atoms with Crippen LogP contribution < -0.4 is 15.4 Å². The summed E-state index contributed by atoms with van der Waals surface area (Å²) in [6.45, 7) is 3.65. The highest BCUT2D eigenvalue weighted by Gasteiger charge is 2.28. The van der Waals surface area contributed by atoms with Crippen LogP contribution in [0, 0.1) is 6.92 Å². The molecule has 7 nitrogen and oxygen atoms in total. The topological polar surface area (TPSA) is 104 Å². The maximum Gasteiger partial charge on any atom is 0.405 e. The van der Waals surface area contributed by atoms with E-state index in [2.05, 4.69) is 16.6 Å². The van der Waals surface area contributed by atoms with Gasteiger partial charge in [0.05, 0.1) is 4.90 Å². The molecule has 0 saturated heterocycles. The molecule has 0 unspecified atom stereocenters. The molecule has 0 aliphatic heterocycles. The van der Waals surface area contributed by atoms with Crippen LogP contribution in [0.25, 0.3) is 0 Å². The molecule has 31 heavy (non-hydrogen) atoms. The van der Waals surface area contributed by atoms with Crippen LogP contribution in [-0.4, -0.2) is 39.5 Å². The monoisotopic (exact) mass is 455 g/mol. The Balaban J connectivity index is 2.14. The van der Waals surface area contributed by atoms with Crippen molar-refractivity contribution in [2.24, 2.45) is 0 Å². The van der Waals surface area contributed by atoms with Gasteiger partial charge in [-0.25, -0.2) is 13.1 Å². The van der Waals surface area contributed by atoms with Gasteiger partial charge in [-0.05, 0) is 48.9 Å². The van der Waals surface area contributed by atoms with Crippen molar-refractivity contribution in [1.29, 1.82) is 0 Å². The number of sulfonamides is 1. The van der Waals surface area contributed by atoms with E-state index in [4.69, 9.17) is 0 Å². The lowest BCUT2D eigenvalue weighted by Gasteiger charge is -2.12. The number of nitrogens with one attached hydrogen (secondary N) is 3. The van der Waals surface area contributed by atoms with Crippen molar-refractivity contribution in [1.82, 2.24) is 10.0 Å². The number of benzene rings is 2. The Kier molecular flexibility index (Phi) is 7.58. The summed E-state index contributed by atoms with van der Waals surface area (Å²) in [6.07, 6.45) is -3.16. The predicted molar refractivity (Wildman–Crippen MR) is 109 cm³/mol. The van der Waals surface area contributed by atoms with Crippen molar-refractivity contribution in [3.8, 4) is 0 Å². The van der Waals surface area contributed by atoms with E-state index in [1.807, 2.05) is 0 Å². The van der Waals surface area contributed by atoms with E-state index >= 15 is 0 Å². The number of hydrogen-bond acceptors (Lipinski definition) is 4. The third-order valence-electron chi connectivity index (χ3n) is 4.04. The van der Waals surface area contributed by atoms with Crippen LogP contribution in [0.3, 0.4) is 0 Å². The molecule has 11 heteroatoms. The van der Waals surface area contributed by atoms with Gasteiger partial charge in [0.2, 0.25) is 10.0 Å². The molecule has 0 saturated carbocycles. The van der Waals surface area contributed by atoms with Gasteiger partial charge in [0, 0.05) is 23.4 Å². The minimum atomic E-state index is -4.54. The van der Waals surface area contributed by atoms with Gasteiger partial charge in [-0.2, -0.15) is 13.2 Å². The Bertz CT molecular complexity index is 1080. The quantitative estimate of drug-likeness (QED) is 0.533. The number of alkyl halides is 3. The molecule has 0 bridgehead atoms. The van der Waals surface area contributed by atoms with E-state index < -0.39 is 34.6 Å². The van der Waals surface area contributed by atoms with Gasteiger partial charge in [-0.1, -0.05) is 12.1 Å². The number of rotatable bonds is 8. The van der Waals surface area contributed by atoms with Gasteiger partial charge in [0.25, 0.3) is 11.8 Å². The lowest BCUT2D eigenvalue weighted by molar-refractivity contribution is -0.123. The fraction of sp³-hybridized carbons (Fsp3) is 0.200. The lowest BCUT2D eigenvalue weighted by atomic mass is 10.1. The second-order valence-electron chi connectivity index (χ2n) is 6.45. The molecule has 0 atom stereocenters. The minimum Gasteiger partial charge on any atom is -0.343 e. The molecule has 3 N–H and O–H groups in total. The molecule has 0 heterocycles. The molecule has 0 spiro atoms. The fourth-order valence-electron chi connectivity index (χ4n) is 2.41. The third kappa shape index (κ3) is 6.93. The van der Waals surface area contributed by atoms with Gasteiger partial charge >= 0.3 is 6.18 Å². The summed E-state index contributed by atoms with van der Waals surface area (Å²) in [4.78, 5) is 24.4. The van der Waals surface area contributed by atoms with Gasteiger partial charge < -0.3 is 10.6 Å². The van der Waals surface area contributed by atoms with Crippen LogP contribution in [0.1, 0.15) is 26.3 Å². The molecule has 0 aromatic heterocycles. The zero-order valence-electron chi connectivity index (χ0n) is 16.4. The van der Waals surface area contributed by atoms with Gasteiger partial charge in [-0.3, -0.25) is 9.59 Å². The Morgan fingerprint density at radius 3 is 2.23 bits per heavy atom. The SMILES string of the molecule is C=CCNS(=O)(=O)c1ccc(C(=O)Nc2cc(C(=O)NCC(F)(F)F)ccc2C)cc1. The van der Waals surface area contributed by atoms with Crippen LogP contribution in [0.5, 0.6) is 0 Å². The Morgan fingerprint density at radius 2 is 1.65 bits per heavy atom. The average Bonchev–Trinajstić information content (AvgIpc) is 2.71. The highest BCUT2D eigenvalue weighted by molar-refractivity contribution is 7.89. The van der Waals surface area contributed by atoms with Gasteiger partial charge in [-0.15, -0.1) is 6.58 Å². The van der Waals surface area contributed by atoms with Crippen LogP contribution in [0.4, 0.5) is 18.9 Å². The van der Waals surface area contributed by atoms with Crippen molar-refractivity contribution in [2.45, 2.75) is 18.0 Å². The number of anilines is 1. The summed E-state index contributed by atoms with van der Waals surface area (Å²) >= 11 is 0. The third-order valence-corrected chi connectivity index (χ3v) is 5.48. The summed E-state index contributed by atoms with van der Waals surface area (Å²) in [6, 6.07) is 9.23. The molecule has 0 fully saturated rings. The van der Waals surface area contributed by atoms with E-state index in [9.17, 15) is 31.2 Å². The standard InChI is InChI=1S/C20H20F3N3O4S/c1-3-10-25-31(29,30)16-8-6-14(7-9-16)19(28)26-17-11-15(5-4-13(17)2)18(27)24-12-20(21,22)23/h3-9,11,25H,1,10,12H2,2H3,(H,24,27)(H,26,28). The molecule has 0 aliphatic rings. The second-order valence-corrected chi connectivity index (χ2v) is 8.21.